The van der Waals surface area contributed by atoms with Crippen molar-refractivity contribution in [3.05, 3.63) is 41.6 Å². The van der Waals surface area contributed by atoms with Gasteiger partial charge in [0.25, 0.3) is 0 Å². The number of rotatable bonds is 5. The molecular formula is C17H20F3N3O. The summed E-state index contributed by atoms with van der Waals surface area (Å²) >= 11 is 0. The zero-order valence-electron chi connectivity index (χ0n) is 14.1. The number of aryl methyl sites for hydroxylation is 1. The molecule has 1 heterocycles. The first-order valence-corrected chi connectivity index (χ1v) is 7.63. The summed E-state index contributed by atoms with van der Waals surface area (Å²) in [6, 6.07) is 7.11. The molecule has 0 saturated heterocycles. The van der Waals surface area contributed by atoms with Crippen LogP contribution in [-0.4, -0.2) is 23.1 Å². The maximum atomic E-state index is 13.3. The van der Waals surface area contributed by atoms with Crippen LogP contribution >= 0.6 is 0 Å². The van der Waals surface area contributed by atoms with Gasteiger partial charge in [-0.2, -0.15) is 18.2 Å². The predicted molar refractivity (Wildman–Crippen MR) is 86.7 cm³/mol. The lowest BCUT2D eigenvalue weighted by Crippen LogP contribution is -2.20. The highest BCUT2D eigenvalue weighted by molar-refractivity contribution is 5.63. The molecule has 24 heavy (non-hydrogen) atoms. The lowest BCUT2D eigenvalue weighted by molar-refractivity contribution is -0.137. The highest BCUT2D eigenvalue weighted by Crippen LogP contribution is 2.37. The van der Waals surface area contributed by atoms with Crippen LogP contribution in [0.4, 0.5) is 24.7 Å². The molecule has 0 bridgehead atoms. The average Bonchev–Trinajstić information content (AvgIpc) is 2.53. The molecule has 0 aliphatic carbocycles. The number of ether oxygens (including phenoxy) is 1. The summed E-state index contributed by atoms with van der Waals surface area (Å²) in [5.41, 5.74) is 0.648. The van der Waals surface area contributed by atoms with Gasteiger partial charge < -0.3 is 9.64 Å². The number of hydrogen-bond donors (Lipinski definition) is 0. The van der Waals surface area contributed by atoms with E-state index in [2.05, 4.69) is 9.97 Å². The number of benzene rings is 1. The molecule has 0 fully saturated rings. The van der Waals surface area contributed by atoms with Crippen LogP contribution in [0.25, 0.3) is 0 Å². The molecule has 0 saturated carbocycles. The van der Waals surface area contributed by atoms with Crippen LogP contribution in [0, 0.1) is 6.92 Å². The molecule has 1 unspecified atom stereocenters. The third-order valence-electron chi connectivity index (χ3n) is 3.64. The molecule has 4 nitrogen and oxygen atoms in total. The van der Waals surface area contributed by atoms with Gasteiger partial charge in [0.05, 0.1) is 6.10 Å². The summed E-state index contributed by atoms with van der Waals surface area (Å²) in [6.45, 7) is 5.60. The van der Waals surface area contributed by atoms with Crippen molar-refractivity contribution in [1.29, 1.82) is 0 Å². The lowest BCUT2D eigenvalue weighted by Gasteiger charge is -2.23. The lowest BCUT2D eigenvalue weighted by atomic mass is 10.2. The molecule has 2 rings (SSSR count). The molecule has 0 spiro atoms. The average molecular weight is 339 g/mol. The number of halogens is 3. The largest absolute Gasteiger partial charge is 0.460 e. The summed E-state index contributed by atoms with van der Waals surface area (Å²) in [4.78, 5) is 9.10. The third kappa shape index (κ3) is 4.15. The highest BCUT2D eigenvalue weighted by Gasteiger charge is 2.36. The molecule has 0 N–H and O–H groups in total. The number of hydrogen-bond acceptors (Lipinski definition) is 4. The highest BCUT2D eigenvalue weighted by atomic mass is 19.4. The van der Waals surface area contributed by atoms with Gasteiger partial charge in [0.15, 0.2) is 5.82 Å². The monoisotopic (exact) mass is 339 g/mol. The van der Waals surface area contributed by atoms with E-state index in [1.807, 2.05) is 26.8 Å². The SMILES string of the molecule is CCC(C)Oc1ncc(C(F)(F)F)c(N(C)c2cccc(C)c2)n1. The van der Waals surface area contributed by atoms with E-state index in [4.69, 9.17) is 4.74 Å². The Kier molecular flexibility index (Phi) is 5.31. The predicted octanol–water partition coefficient (Wildman–Crippen LogP) is 4.75. The summed E-state index contributed by atoms with van der Waals surface area (Å²) in [7, 11) is 1.54. The van der Waals surface area contributed by atoms with Crippen molar-refractivity contribution < 1.29 is 17.9 Å². The van der Waals surface area contributed by atoms with Gasteiger partial charge in [-0.1, -0.05) is 19.1 Å². The maximum absolute atomic E-state index is 13.3. The van der Waals surface area contributed by atoms with Crippen molar-refractivity contribution in [3.63, 3.8) is 0 Å². The Morgan fingerprint density at radius 3 is 2.58 bits per heavy atom. The van der Waals surface area contributed by atoms with Crippen LogP contribution in [-0.2, 0) is 6.18 Å². The van der Waals surface area contributed by atoms with Gasteiger partial charge >= 0.3 is 12.2 Å². The third-order valence-corrected chi connectivity index (χ3v) is 3.64. The second-order valence-corrected chi connectivity index (χ2v) is 5.62. The van der Waals surface area contributed by atoms with Gasteiger partial charge in [-0.25, -0.2) is 4.98 Å². The van der Waals surface area contributed by atoms with Gasteiger partial charge in [-0.3, -0.25) is 0 Å². The van der Waals surface area contributed by atoms with Crippen LogP contribution in [0.15, 0.2) is 30.5 Å². The van der Waals surface area contributed by atoms with E-state index in [1.165, 1.54) is 4.90 Å². The minimum atomic E-state index is -4.55. The fraction of sp³-hybridized carbons (Fsp3) is 0.412. The molecular weight excluding hydrogens is 319 g/mol. The van der Waals surface area contributed by atoms with E-state index >= 15 is 0 Å². The van der Waals surface area contributed by atoms with Gasteiger partial charge in [0, 0.05) is 18.9 Å². The van der Waals surface area contributed by atoms with E-state index in [1.54, 1.807) is 25.2 Å². The molecule has 0 aliphatic rings. The van der Waals surface area contributed by atoms with E-state index < -0.39 is 11.7 Å². The molecule has 0 amide bonds. The van der Waals surface area contributed by atoms with E-state index in [-0.39, 0.29) is 17.9 Å². The molecule has 0 radical (unpaired) electrons. The van der Waals surface area contributed by atoms with Crippen molar-refractivity contribution >= 4 is 11.5 Å². The Morgan fingerprint density at radius 1 is 1.29 bits per heavy atom. The Bertz CT molecular complexity index is 704. The Balaban J connectivity index is 2.49. The van der Waals surface area contributed by atoms with Crippen molar-refractivity contribution in [2.24, 2.45) is 0 Å². The molecule has 0 aliphatic heterocycles. The second kappa shape index (κ2) is 7.07. The van der Waals surface area contributed by atoms with E-state index in [0.717, 1.165) is 11.8 Å². The van der Waals surface area contributed by atoms with Crippen molar-refractivity contribution in [2.45, 2.75) is 39.5 Å². The van der Waals surface area contributed by atoms with Crippen LogP contribution < -0.4 is 9.64 Å². The molecule has 1 aromatic carbocycles. The number of anilines is 2. The summed E-state index contributed by atoms with van der Waals surface area (Å²) in [5, 5.41) is 0. The Morgan fingerprint density at radius 2 is 2.00 bits per heavy atom. The fourth-order valence-corrected chi connectivity index (χ4v) is 2.09. The maximum Gasteiger partial charge on any atom is 0.421 e. The van der Waals surface area contributed by atoms with E-state index in [9.17, 15) is 13.2 Å². The summed E-state index contributed by atoms with van der Waals surface area (Å²) < 4.78 is 45.4. The van der Waals surface area contributed by atoms with Gasteiger partial charge in [-0.05, 0) is 38.0 Å². The normalized spacial score (nSPS) is 12.8. The topological polar surface area (TPSA) is 38.2 Å². The number of nitrogens with zero attached hydrogens (tertiary/aromatic N) is 3. The van der Waals surface area contributed by atoms with Crippen LogP contribution in [0.5, 0.6) is 6.01 Å². The molecule has 2 aromatic rings. The first kappa shape index (κ1) is 18.0. The van der Waals surface area contributed by atoms with Crippen LogP contribution in [0.3, 0.4) is 0 Å². The smallest absolute Gasteiger partial charge is 0.421 e. The molecule has 1 atom stereocenters. The Labute approximate surface area is 139 Å². The van der Waals surface area contributed by atoms with Crippen LogP contribution in [0.1, 0.15) is 31.4 Å². The van der Waals surface area contributed by atoms with Crippen molar-refractivity contribution in [2.75, 3.05) is 11.9 Å². The summed E-state index contributed by atoms with van der Waals surface area (Å²) in [5.74, 6) is -0.235. The number of aromatic nitrogens is 2. The zero-order chi connectivity index (χ0) is 17.9. The van der Waals surface area contributed by atoms with Crippen LogP contribution in [0.2, 0.25) is 0 Å². The van der Waals surface area contributed by atoms with E-state index in [0.29, 0.717) is 12.1 Å². The first-order valence-electron chi connectivity index (χ1n) is 7.63. The first-order chi connectivity index (χ1) is 11.2. The quantitative estimate of drug-likeness (QED) is 0.788. The minimum Gasteiger partial charge on any atom is -0.460 e. The standard InChI is InChI=1S/C17H20F3N3O/c1-5-12(3)24-16-21-10-14(17(18,19)20)15(22-16)23(4)13-8-6-7-11(2)9-13/h6-10,12H,5H2,1-4H3. The minimum absolute atomic E-state index is 0.0631. The zero-order valence-corrected chi connectivity index (χ0v) is 14.1. The molecule has 1 aromatic heterocycles. The van der Waals surface area contributed by atoms with Gasteiger partial charge in [-0.15, -0.1) is 0 Å². The molecule has 7 heteroatoms. The van der Waals surface area contributed by atoms with Gasteiger partial charge in [0.2, 0.25) is 0 Å². The van der Waals surface area contributed by atoms with Gasteiger partial charge in [0.1, 0.15) is 5.56 Å². The van der Waals surface area contributed by atoms with Crippen molar-refractivity contribution in [1.82, 2.24) is 9.97 Å². The Hall–Kier alpha value is -2.31. The fourth-order valence-electron chi connectivity index (χ4n) is 2.09. The van der Waals surface area contributed by atoms with Crippen molar-refractivity contribution in [3.8, 4) is 6.01 Å². The summed E-state index contributed by atoms with van der Waals surface area (Å²) in [6.07, 6.45) is -3.26. The number of alkyl halides is 3. The molecule has 130 valence electrons. The second-order valence-electron chi connectivity index (χ2n) is 5.62.